The number of rotatable bonds is 7. The van der Waals surface area contributed by atoms with E-state index >= 15 is 0 Å². The number of aliphatic carboxylic acids is 1. The molecule has 19 heavy (non-hydrogen) atoms. The van der Waals surface area contributed by atoms with Gasteiger partial charge in [-0.25, -0.2) is 13.6 Å². The zero-order valence-electron chi connectivity index (χ0n) is 10.7. The van der Waals surface area contributed by atoms with E-state index in [2.05, 4.69) is 5.32 Å². The van der Waals surface area contributed by atoms with E-state index in [0.717, 1.165) is 12.1 Å². The van der Waals surface area contributed by atoms with E-state index in [1.807, 2.05) is 0 Å². The van der Waals surface area contributed by atoms with Gasteiger partial charge in [-0.2, -0.15) is 0 Å². The van der Waals surface area contributed by atoms with E-state index in [9.17, 15) is 13.2 Å². The van der Waals surface area contributed by atoms with Crippen LogP contribution in [0.1, 0.15) is 19.8 Å². The topological polar surface area (TPSA) is 109 Å². The summed E-state index contributed by atoms with van der Waals surface area (Å²) in [6.07, 6.45) is 1.32. The van der Waals surface area contributed by atoms with Crippen molar-refractivity contribution in [3.63, 3.8) is 0 Å². The first-order valence-corrected chi connectivity index (χ1v) is 7.45. The van der Waals surface area contributed by atoms with Crippen LogP contribution in [0.2, 0.25) is 0 Å². The SMILES string of the molecule is CC(CCCNc1ccc(S(N)(=O)=O)cc1)C(=O)O. The zero-order valence-corrected chi connectivity index (χ0v) is 11.5. The molecule has 1 rings (SSSR count). The van der Waals surface area contributed by atoms with Crippen LogP contribution in [0.4, 0.5) is 5.69 Å². The quantitative estimate of drug-likeness (QED) is 0.653. The van der Waals surface area contributed by atoms with Crippen LogP contribution in [-0.4, -0.2) is 26.0 Å². The molecule has 0 fully saturated rings. The van der Waals surface area contributed by atoms with Gasteiger partial charge < -0.3 is 10.4 Å². The van der Waals surface area contributed by atoms with Crippen LogP contribution in [0, 0.1) is 5.92 Å². The van der Waals surface area contributed by atoms with E-state index in [1.54, 1.807) is 19.1 Å². The monoisotopic (exact) mass is 286 g/mol. The summed E-state index contributed by atoms with van der Waals surface area (Å²) in [6, 6.07) is 6.11. The number of sulfonamides is 1. The number of hydrogen-bond donors (Lipinski definition) is 3. The Morgan fingerprint density at radius 2 is 1.95 bits per heavy atom. The van der Waals surface area contributed by atoms with Crippen LogP contribution in [0.3, 0.4) is 0 Å². The van der Waals surface area contributed by atoms with E-state index < -0.39 is 16.0 Å². The largest absolute Gasteiger partial charge is 0.481 e. The number of carboxylic acids is 1. The normalized spacial score (nSPS) is 12.9. The van der Waals surface area contributed by atoms with Gasteiger partial charge in [-0.1, -0.05) is 6.92 Å². The molecule has 6 nitrogen and oxygen atoms in total. The lowest BCUT2D eigenvalue weighted by molar-refractivity contribution is -0.141. The maximum Gasteiger partial charge on any atom is 0.306 e. The molecular weight excluding hydrogens is 268 g/mol. The molecule has 1 unspecified atom stereocenters. The van der Waals surface area contributed by atoms with E-state index in [4.69, 9.17) is 10.2 Å². The highest BCUT2D eigenvalue weighted by Gasteiger charge is 2.09. The number of carboxylic acid groups (broad SMARTS) is 1. The Morgan fingerprint density at radius 1 is 1.37 bits per heavy atom. The van der Waals surface area contributed by atoms with Crippen LogP contribution in [0.15, 0.2) is 29.2 Å². The Morgan fingerprint density at radius 3 is 2.42 bits per heavy atom. The highest BCUT2D eigenvalue weighted by Crippen LogP contribution is 2.13. The summed E-state index contributed by atoms with van der Waals surface area (Å²) < 4.78 is 22.1. The molecule has 0 aliphatic carbocycles. The number of nitrogens with one attached hydrogen (secondary N) is 1. The van der Waals surface area contributed by atoms with Gasteiger partial charge in [-0.15, -0.1) is 0 Å². The van der Waals surface area contributed by atoms with Crippen molar-refractivity contribution in [2.24, 2.45) is 11.1 Å². The molecule has 0 spiro atoms. The van der Waals surface area contributed by atoms with Gasteiger partial charge in [0.1, 0.15) is 0 Å². The predicted molar refractivity (Wildman–Crippen MR) is 72.3 cm³/mol. The summed E-state index contributed by atoms with van der Waals surface area (Å²) in [5.41, 5.74) is 0.773. The van der Waals surface area contributed by atoms with Gasteiger partial charge in [0.15, 0.2) is 0 Å². The minimum atomic E-state index is -3.66. The second-order valence-electron chi connectivity index (χ2n) is 4.38. The Balaban J connectivity index is 2.41. The fourth-order valence-corrected chi connectivity index (χ4v) is 2.04. The third kappa shape index (κ3) is 5.27. The van der Waals surface area contributed by atoms with E-state index in [0.29, 0.717) is 13.0 Å². The van der Waals surface area contributed by atoms with Gasteiger partial charge >= 0.3 is 5.97 Å². The molecule has 0 radical (unpaired) electrons. The summed E-state index contributed by atoms with van der Waals surface area (Å²) in [7, 11) is -3.66. The lowest BCUT2D eigenvalue weighted by Gasteiger charge is -2.08. The fourth-order valence-electron chi connectivity index (χ4n) is 1.53. The van der Waals surface area contributed by atoms with Crippen LogP contribution in [-0.2, 0) is 14.8 Å². The molecule has 0 heterocycles. The summed E-state index contributed by atoms with van der Waals surface area (Å²) in [4.78, 5) is 10.7. The van der Waals surface area contributed by atoms with Gasteiger partial charge in [0.25, 0.3) is 0 Å². The lowest BCUT2D eigenvalue weighted by atomic mass is 10.1. The number of primary sulfonamides is 1. The third-order valence-corrected chi connectivity index (χ3v) is 3.68. The van der Waals surface area contributed by atoms with Crippen molar-refractivity contribution in [3.05, 3.63) is 24.3 Å². The molecule has 106 valence electrons. The molecule has 0 aliphatic rings. The molecule has 0 saturated carbocycles. The van der Waals surface area contributed by atoms with Crippen molar-refractivity contribution >= 4 is 21.7 Å². The third-order valence-electron chi connectivity index (χ3n) is 2.75. The van der Waals surface area contributed by atoms with Crippen molar-refractivity contribution in [3.8, 4) is 0 Å². The predicted octanol–water partition coefficient (Wildman–Crippen LogP) is 1.25. The fraction of sp³-hybridized carbons (Fsp3) is 0.417. The molecule has 0 amide bonds. The number of benzene rings is 1. The maximum absolute atomic E-state index is 11.0. The summed E-state index contributed by atoms with van der Waals surface area (Å²) in [5.74, 6) is -1.15. The van der Waals surface area contributed by atoms with E-state index in [1.165, 1.54) is 12.1 Å². The highest BCUT2D eigenvalue weighted by molar-refractivity contribution is 7.89. The van der Waals surface area contributed by atoms with Gasteiger partial charge in [-0.05, 0) is 37.1 Å². The summed E-state index contributed by atoms with van der Waals surface area (Å²) in [6.45, 7) is 2.30. The van der Waals surface area contributed by atoms with Crippen molar-refractivity contribution in [2.75, 3.05) is 11.9 Å². The van der Waals surface area contributed by atoms with Crippen molar-refractivity contribution in [2.45, 2.75) is 24.7 Å². The molecule has 0 bridgehead atoms. The molecule has 0 aliphatic heterocycles. The Hall–Kier alpha value is -1.60. The summed E-state index contributed by atoms with van der Waals surface area (Å²) in [5, 5.41) is 16.8. The molecule has 1 aromatic rings. The second-order valence-corrected chi connectivity index (χ2v) is 5.94. The Kier molecular flexibility index (Phi) is 5.31. The van der Waals surface area contributed by atoms with Crippen LogP contribution >= 0.6 is 0 Å². The van der Waals surface area contributed by atoms with Crippen LogP contribution in [0.25, 0.3) is 0 Å². The average Bonchev–Trinajstić information content (AvgIpc) is 2.33. The van der Waals surface area contributed by atoms with Crippen molar-refractivity contribution in [1.29, 1.82) is 0 Å². The number of anilines is 1. The van der Waals surface area contributed by atoms with Gasteiger partial charge in [0.2, 0.25) is 10.0 Å². The highest BCUT2D eigenvalue weighted by atomic mass is 32.2. The van der Waals surface area contributed by atoms with Crippen LogP contribution in [0.5, 0.6) is 0 Å². The molecular formula is C12H18N2O4S. The minimum Gasteiger partial charge on any atom is -0.481 e. The lowest BCUT2D eigenvalue weighted by Crippen LogP contribution is -2.12. The first-order chi connectivity index (χ1) is 8.80. The molecule has 0 saturated heterocycles. The molecule has 1 aromatic carbocycles. The van der Waals surface area contributed by atoms with Gasteiger partial charge in [0.05, 0.1) is 10.8 Å². The maximum atomic E-state index is 11.0. The Bertz CT molecular complexity index is 525. The number of carbonyl (C=O) groups is 1. The summed E-state index contributed by atoms with van der Waals surface area (Å²) >= 11 is 0. The zero-order chi connectivity index (χ0) is 14.5. The van der Waals surface area contributed by atoms with E-state index in [-0.39, 0.29) is 10.8 Å². The standard InChI is InChI=1S/C12H18N2O4S/c1-9(12(15)16)3-2-8-14-10-4-6-11(7-5-10)19(13,17)18/h4-7,9,14H,2-3,8H2,1H3,(H,15,16)(H2,13,17,18). The van der Waals surface area contributed by atoms with Crippen molar-refractivity contribution < 1.29 is 18.3 Å². The first-order valence-electron chi connectivity index (χ1n) is 5.90. The molecule has 1 atom stereocenters. The number of hydrogen-bond acceptors (Lipinski definition) is 4. The van der Waals surface area contributed by atoms with Crippen molar-refractivity contribution in [1.82, 2.24) is 0 Å². The smallest absolute Gasteiger partial charge is 0.306 e. The molecule has 7 heteroatoms. The van der Waals surface area contributed by atoms with Crippen LogP contribution < -0.4 is 10.5 Å². The second kappa shape index (κ2) is 6.53. The Labute approximate surface area is 112 Å². The first kappa shape index (κ1) is 15.5. The average molecular weight is 286 g/mol. The molecule has 0 aromatic heterocycles. The van der Waals surface area contributed by atoms with Gasteiger partial charge in [-0.3, -0.25) is 4.79 Å². The van der Waals surface area contributed by atoms with Gasteiger partial charge in [0, 0.05) is 12.2 Å². The minimum absolute atomic E-state index is 0.0672. The number of nitrogens with two attached hydrogens (primary N) is 1. The molecule has 4 N–H and O–H groups in total.